The third-order valence-electron chi connectivity index (χ3n) is 3.68. The van der Waals surface area contributed by atoms with Crippen LogP contribution in [0.3, 0.4) is 0 Å². The monoisotopic (exact) mass is 363 g/mol. The van der Waals surface area contributed by atoms with Crippen LogP contribution >= 0.6 is 0 Å². The molecular weight excluding hydrogens is 325 g/mol. The fraction of sp³-hybridized carbons (Fsp3) is 0.833. The molecule has 0 spiro atoms. The summed E-state index contributed by atoms with van der Waals surface area (Å²) in [5.41, 5.74) is 5.10. The number of unbranched alkanes of at least 4 members (excludes halogenated alkanes) is 11. The van der Waals surface area contributed by atoms with Gasteiger partial charge in [-0.25, -0.2) is 0 Å². The molecular formula is C18H37NOSe. The first-order valence-corrected chi connectivity index (χ1v) is 8.70. The van der Waals surface area contributed by atoms with E-state index in [9.17, 15) is 4.79 Å². The number of rotatable bonds is 15. The van der Waals surface area contributed by atoms with Gasteiger partial charge in [0.05, 0.1) is 0 Å². The first kappa shape index (κ1) is 23.0. The van der Waals surface area contributed by atoms with E-state index in [1.54, 1.807) is 0 Å². The molecule has 2 nitrogen and oxygen atoms in total. The van der Waals surface area contributed by atoms with E-state index >= 15 is 0 Å². The van der Waals surface area contributed by atoms with Crippen molar-refractivity contribution in [2.24, 2.45) is 5.73 Å². The number of primary amides is 1. The number of hydrogen-bond acceptors (Lipinski definition) is 1. The van der Waals surface area contributed by atoms with Crippen molar-refractivity contribution in [3.63, 3.8) is 0 Å². The van der Waals surface area contributed by atoms with E-state index in [1.807, 2.05) is 0 Å². The summed E-state index contributed by atoms with van der Waals surface area (Å²) in [7, 11) is 0. The van der Waals surface area contributed by atoms with Crippen LogP contribution in [0.4, 0.5) is 0 Å². The topological polar surface area (TPSA) is 43.1 Å². The maximum atomic E-state index is 10.5. The van der Waals surface area contributed by atoms with Gasteiger partial charge in [0, 0.05) is 6.42 Å². The zero-order valence-corrected chi connectivity index (χ0v) is 16.1. The van der Waals surface area contributed by atoms with Gasteiger partial charge in [-0.15, -0.1) is 0 Å². The molecule has 0 radical (unpaired) electrons. The Kier molecular flexibility index (Phi) is 21.6. The standard InChI is InChI=1S/C18H35NO.H2Se/c1-2-3-4-5-6-7-8-9-10-11-12-13-14-15-16-17-18(19)20;/h9-10H,2-8,11-17H2,1H3,(H2,19,20);1H2. The van der Waals surface area contributed by atoms with E-state index in [0.29, 0.717) is 6.42 Å². The van der Waals surface area contributed by atoms with Crippen molar-refractivity contribution in [3.05, 3.63) is 12.2 Å². The number of carbonyl (C=O) groups is 1. The average Bonchev–Trinajstić information content (AvgIpc) is 2.43. The quantitative estimate of drug-likeness (QED) is 0.258. The van der Waals surface area contributed by atoms with Gasteiger partial charge in [0.15, 0.2) is 0 Å². The predicted molar refractivity (Wildman–Crippen MR) is 97.2 cm³/mol. The van der Waals surface area contributed by atoms with Gasteiger partial charge in [-0.1, -0.05) is 70.4 Å². The van der Waals surface area contributed by atoms with Gasteiger partial charge in [-0.2, -0.15) is 0 Å². The van der Waals surface area contributed by atoms with Crippen molar-refractivity contribution in [2.75, 3.05) is 0 Å². The SMILES string of the molecule is CCCCCCCCC=CCCCCCCCC(N)=O.[SeH2]. The first-order valence-electron chi connectivity index (χ1n) is 8.70. The third kappa shape index (κ3) is 22.2. The van der Waals surface area contributed by atoms with Crippen molar-refractivity contribution in [1.82, 2.24) is 0 Å². The van der Waals surface area contributed by atoms with Gasteiger partial charge < -0.3 is 5.73 Å². The van der Waals surface area contributed by atoms with Crippen molar-refractivity contribution in [2.45, 2.75) is 96.8 Å². The molecule has 0 atom stereocenters. The second kappa shape index (κ2) is 19.7. The zero-order valence-electron chi connectivity index (χ0n) is 14.0. The van der Waals surface area contributed by atoms with E-state index < -0.39 is 0 Å². The molecule has 3 heteroatoms. The molecule has 2 N–H and O–H groups in total. The summed E-state index contributed by atoms with van der Waals surface area (Å²) in [4.78, 5) is 10.5. The minimum absolute atomic E-state index is 0. The van der Waals surface area contributed by atoms with Crippen molar-refractivity contribution in [3.8, 4) is 0 Å². The molecule has 0 heterocycles. The van der Waals surface area contributed by atoms with Crippen LogP contribution in [0.15, 0.2) is 12.2 Å². The number of carbonyl (C=O) groups excluding carboxylic acids is 1. The van der Waals surface area contributed by atoms with Gasteiger partial charge in [0.25, 0.3) is 0 Å². The van der Waals surface area contributed by atoms with E-state index in [-0.39, 0.29) is 23.0 Å². The Morgan fingerprint density at radius 1 is 0.762 bits per heavy atom. The zero-order chi connectivity index (χ0) is 14.9. The fourth-order valence-electron chi connectivity index (χ4n) is 2.37. The van der Waals surface area contributed by atoms with Crippen LogP contribution in [0, 0.1) is 0 Å². The van der Waals surface area contributed by atoms with E-state index in [1.165, 1.54) is 70.6 Å². The molecule has 0 bridgehead atoms. The number of hydrogen-bond donors (Lipinski definition) is 1. The molecule has 0 unspecified atom stereocenters. The Hall–Kier alpha value is -0.271. The second-order valence-corrected chi connectivity index (χ2v) is 5.80. The normalized spacial score (nSPS) is 10.7. The van der Waals surface area contributed by atoms with Crippen LogP contribution in [0.1, 0.15) is 96.8 Å². The van der Waals surface area contributed by atoms with Gasteiger partial charge >= 0.3 is 17.1 Å². The summed E-state index contributed by atoms with van der Waals surface area (Å²) >= 11 is 0. The summed E-state index contributed by atoms with van der Waals surface area (Å²) in [6, 6.07) is 0. The predicted octanol–water partition coefficient (Wildman–Crippen LogP) is 4.59. The van der Waals surface area contributed by atoms with Gasteiger partial charge in [0.2, 0.25) is 5.91 Å². The molecule has 0 saturated carbocycles. The molecule has 0 aromatic rings. The first-order chi connectivity index (χ1) is 9.77. The molecule has 0 aromatic heterocycles. The Labute approximate surface area is 142 Å². The van der Waals surface area contributed by atoms with Crippen LogP contribution < -0.4 is 5.73 Å². The summed E-state index contributed by atoms with van der Waals surface area (Å²) in [5, 5.41) is 0. The van der Waals surface area contributed by atoms with Gasteiger partial charge in [0.1, 0.15) is 0 Å². The van der Waals surface area contributed by atoms with E-state index in [2.05, 4.69) is 19.1 Å². The maximum absolute atomic E-state index is 10.5. The average molecular weight is 362 g/mol. The van der Waals surface area contributed by atoms with Crippen molar-refractivity contribution in [1.29, 1.82) is 0 Å². The Balaban J connectivity index is 0. The van der Waals surface area contributed by atoms with E-state index in [0.717, 1.165) is 12.8 Å². The second-order valence-electron chi connectivity index (χ2n) is 5.80. The molecule has 0 fully saturated rings. The summed E-state index contributed by atoms with van der Waals surface area (Å²) in [6.07, 6.45) is 21.9. The third-order valence-corrected chi connectivity index (χ3v) is 3.68. The Morgan fingerprint density at radius 2 is 1.19 bits per heavy atom. The molecule has 0 aromatic carbocycles. The minimum atomic E-state index is -0.164. The summed E-state index contributed by atoms with van der Waals surface area (Å²) < 4.78 is 0. The van der Waals surface area contributed by atoms with Crippen LogP contribution in [0.5, 0.6) is 0 Å². The van der Waals surface area contributed by atoms with Crippen LogP contribution in [-0.2, 0) is 4.79 Å². The van der Waals surface area contributed by atoms with Crippen LogP contribution in [-0.4, -0.2) is 23.0 Å². The molecule has 126 valence electrons. The fourth-order valence-corrected chi connectivity index (χ4v) is 2.37. The van der Waals surface area contributed by atoms with Crippen molar-refractivity contribution < 1.29 is 4.79 Å². The van der Waals surface area contributed by atoms with E-state index in [4.69, 9.17) is 5.73 Å². The Bertz CT molecular complexity index is 241. The number of allylic oxidation sites excluding steroid dienone is 2. The van der Waals surface area contributed by atoms with Gasteiger partial charge in [-0.3, -0.25) is 4.79 Å². The molecule has 0 rings (SSSR count). The molecule has 1 amide bonds. The Morgan fingerprint density at radius 3 is 1.67 bits per heavy atom. The number of nitrogens with two attached hydrogens (primary N) is 1. The molecule has 0 aliphatic rings. The van der Waals surface area contributed by atoms with Crippen molar-refractivity contribution >= 4 is 23.0 Å². The van der Waals surface area contributed by atoms with Crippen LogP contribution in [0.2, 0.25) is 0 Å². The molecule has 0 aliphatic heterocycles. The van der Waals surface area contributed by atoms with Crippen LogP contribution in [0.25, 0.3) is 0 Å². The molecule has 21 heavy (non-hydrogen) atoms. The summed E-state index contributed by atoms with van der Waals surface area (Å²) in [6.45, 7) is 2.26. The number of amides is 1. The molecule has 0 aliphatic carbocycles. The summed E-state index contributed by atoms with van der Waals surface area (Å²) in [5.74, 6) is -0.164. The van der Waals surface area contributed by atoms with Gasteiger partial charge in [-0.05, 0) is 32.1 Å². The molecule has 0 saturated heterocycles.